The summed E-state index contributed by atoms with van der Waals surface area (Å²) in [5.74, 6) is 0.700. The molecule has 1 saturated heterocycles. The van der Waals surface area contributed by atoms with E-state index < -0.39 is 0 Å². The van der Waals surface area contributed by atoms with Crippen molar-refractivity contribution in [2.24, 2.45) is 11.3 Å². The van der Waals surface area contributed by atoms with Crippen LogP contribution in [0.2, 0.25) is 0 Å². The Morgan fingerprint density at radius 3 is 2.85 bits per heavy atom. The van der Waals surface area contributed by atoms with Crippen LogP contribution in [0, 0.1) is 11.3 Å². The van der Waals surface area contributed by atoms with Crippen molar-refractivity contribution in [3.8, 4) is 0 Å². The summed E-state index contributed by atoms with van der Waals surface area (Å²) in [5.41, 5.74) is 1.83. The molecule has 0 bridgehead atoms. The maximum Gasteiger partial charge on any atom is 0.256 e. The summed E-state index contributed by atoms with van der Waals surface area (Å²) in [7, 11) is 0. The lowest BCUT2D eigenvalue weighted by Crippen LogP contribution is -2.31. The van der Waals surface area contributed by atoms with Crippen LogP contribution in [0.15, 0.2) is 18.5 Å². The van der Waals surface area contributed by atoms with E-state index in [9.17, 15) is 4.79 Å². The summed E-state index contributed by atoms with van der Waals surface area (Å²) in [4.78, 5) is 18.7. The van der Waals surface area contributed by atoms with Gasteiger partial charge in [-0.2, -0.15) is 0 Å². The van der Waals surface area contributed by atoms with Gasteiger partial charge in [0.2, 0.25) is 0 Å². The maximum atomic E-state index is 12.7. The van der Waals surface area contributed by atoms with Gasteiger partial charge in [-0.3, -0.25) is 9.78 Å². The second-order valence-corrected chi connectivity index (χ2v) is 6.55. The van der Waals surface area contributed by atoms with Crippen molar-refractivity contribution < 1.29 is 4.79 Å². The normalized spacial score (nSPS) is 19.2. The van der Waals surface area contributed by atoms with Gasteiger partial charge >= 0.3 is 0 Å². The molecule has 4 nitrogen and oxygen atoms in total. The number of pyridine rings is 1. The van der Waals surface area contributed by atoms with Crippen molar-refractivity contribution in [2.45, 2.75) is 34.1 Å². The third-order valence-electron chi connectivity index (χ3n) is 4.12. The first-order valence-corrected chi connectivity index (χ1v) is 7.40. The highest BCUT2D eigenvalue weighted by Gasteiger charge is 2.34. The Morgan fingerprint density at radius 1 is 1.50 bits per heavy atom. The predicted molar refractivity (Wildman–Crippen MR) is 81.9 cm³/mol. The number of hydrogen-bond acceptors (Lipinski definition) is 3. The molecule has 1 fully saturated rings. The minimum atomic E-state index is 0.120. The average Bonchev–Trinajstić information content (AvgIpc) is 2.88. The quantitative estimate of drug-likeness (QED) is 0.922. The van der Waals surface area contributed by atoms with Crippen LogP contribution in [0.3, 0.4) is 0 Å². The van der Waals surface area contributed by atoms with E-state index >= 15 is 0 Å². The highest BCUT2D eigenvalue weighted by atomic mass is 16.2. The van der Waals surface area contributed by atoms with Crippen molar-refractivity contribution in [1.29, 1.82) is 0 Å². The highest BCUT2D eigenvalue weighted by molar-refractivity contribution is 5.99. The molecule has 1 N–H and O–H groups in total. The molecule has 1 amide bonds. The van der Waals surface area contributed by atoms with Crippen molar-refractivity contribution in [2.75, 3.05) is 25.0 Å². The van der Waals surface area contributed by atoms with E-state index in [4.69, 9.17) is 0 Å². The van der Waals surface area contributed by atoms with E-state index in [0.717, 1.165) is 37.3 Å². The molecule has 1 aliphatic heterocycles. The molecule has 4 heteroatoms. The first-order chi connectivity index (χ1) is 9.43. The molecule has 20 heavy (non-hydrogen) atoms. The third kappa shape index (κ3) is 3.11. The average molecular weight is 275 g/mol. The molecule has 0 spiro atoms. The number of amides is 1. The molecule has 2 heterocycles. The SMILES string of the molecule is CCNc1cnccc1C(=O)N1CCC(C(C)(C)C)C1. The van der Waals surface area contributed by atoms with Crippen LogP contribution < -0.4 is 5.32 Å². The van der Waals surface area contributed by atoms with E-state index in [1.807, 2.05) is 17.9 Å². The van der Waals surface area contributed by atoms with Gasteiger partial charge in [0.05, 0.1) is 17.4 Å². The Balaban J connectivity index is 2.13. The molecular formula is C16H25N3O. The van der Waals surface area contributed by atoms with E-state index in [1.165, 1.54) is 0 Å². The smallest absolute Gasteiger partial charge is 0.256 e. The number of nitrogens with zero attached hydrogens (tertiary/aromatic N) is 2. The second-order valence-electron chi connectivity index (χ2n) is 6.55. The van der Waals surface area contributed by atoms with Crippen molar-refractivity contribution >= 4 is 11.6 Å². The van der Waals surface area contributed by atoms with Crippen LogP contribution in [0.1, 0.15) is 44.5 Å². The summed E-state index contributed by atoms with van der Waals surface area (Å²) in [6, 6.07) is 1.81. The van der Waals surface area contributed by atoms with Gasteiger partial charge in [-0.05, 0) is 30.7 Å². The summed E-state index contributed by atoms with van der Waals surface area (Å²) in [5, 5.41) is 3.21. The Bertz CT molecular complexity index is 479. The van der Waals surface area contributed by atoms with Gasteiger partial charge in [0.1, 0.15) is 0 Å². The molecule has 0 aliphatic carbocycles. The zero-order chi connectivity index (χ0) is 14.8. The van der Waals surface area contributed by atoms with E-state index in [-0.39, 0.29) is 11.3 Å². The Kier molecular flexibility index (Phi) is 4.31. The van der Waals surface area contributed by atoms with E-state index in [2.05, 4.69) is 31.1 Å². The standard InChI is InChI=1S/C16H25N3O/c1-5-18-14-10-17-8-6-13(14)15(20)19-9-7-12(11-19)16(2,3)4/h6,8,10,12,18H,5,7,9,11H2,1-4H3. The number of carbonyl (C=O) groups is 1. The summed E-state index contributed by atoms with van der Waals surface area (Å²) in [6.07, 6.45) is 4.51. The number of nitrogens with one attached hydrogen (secondary N) is 1. The van der Waals surface area contributed by atoms with Gasteiger partial charge in [0.15, 0.2) is 0 Å². The van der Waals surface area contributed by atoms with Crippen LogP contribution >= 0.6 is 0 Å². The highest BCUT2D eigenvalue weighted by Crippen LogP contribution is 2.34. The van der Waals surface area contributed by atoms with E-state index in [1.54, 1.807) is 12.4 Å². The number of hydrogen-bond donors (Lipinski definition) is 1. The number of anilines is 1. The molecule has 2 rings (SSSR count). The maximum absolute atomic E-state index is 12.7. The van der Waals surface area contributed by atoms with Gasteiger partial charge in [-0.15, -0.1) is 0 Å². The molecule has 0 radical (unpaired) electrons. The lowest BCUT2D eigenvalue weighted by Gasteiger charge is -2.27. The fourth-order valence-electron chi connectivity index (χ4n) is 2.73. The number of likely N-dealkylation sites (tertiary alicyclic amines) is 1. The molecule has 1 aromatic heterocycles. The van der Waals surface area contributed by atoms with Gasteiger partial charge in [0.25, 0.3) is 5.91 Å². The first kappa shape index (κ1) is 14.8. The molecule has 0 saturated carbocycles. The third-order valence-corrected chi connectivity index (χ3v) is 4.12. The van der Waals surface area contributed by atoms with Gasteiger partial charge in [0, 0.05) is 25.8 Å². The molecule has 1 unspecified atom stereocenters. The summed E-state index contributed by atoms with van der Waals surface area (Å²) in [6.45, 7) is 11.3. The number of rotatable bonds is 3. The van der Waals surface area contributed by atoms with Gasteiger partial charge in [-0.25, -0.2) is 0 Å². The van der Waals surface area contributed by atoms with E-state index in [0.29, 0.717) is 5.92 Å². The monoisotopic (exact) mass is 275 g/mol. The lowest BCUT2D eigenvalue weighted by atomic mass is 9.80. The fraction of sp³-hybridized carbons (Fsp3) is 0.625. The molecule has 0 aromatic carbocycles. The van der Waals surface area contributed by atoms with Crippen molar-refractivity contribution in [3.63, 3.8) is 0 Å². The van der Waals surface area contributed by atoms with Crippen LogP contribution in [0.4, 0.5) is 5.69 Å². The first-order valence-electron chi connectivity index (χ1n) is 7.40. The van der Waals surface area contributed by atoms with Crippen molar-refractivity contribution in [3.05, 3.63) is 24.0 Å². The zero-order valence-electron chi connectivity index (χ0n) is 12.9. The van der Waals surface area contributed by atoms with Gasteiger partial charge in [-0.1, -0.05) is 20.8 Å². The Labute approximate surface area is 121 Å². The minimum Gasteiger partial charge on any atom is -0.383 e. The molecule has 1 aromatic rings. The van der Waals surface area contributed by atoms with Gasteiger partial charge < -0.3 is 10.2 Å². The van der Waals surface area contributed by atoms with Crippen LogP contribution in [0.5, 0.6) is 0 Å². The fourth-order valence-corrected chi connectivity index (χ4v) is 2.73. The molecular weight excluding hydrogens is 250 g/mol. The largest absolute Gasteiger partial charge is 0.383 e. The molecule has 1 atom stereocenters. The van der Waals surface area contributed by atoms with Crippen molar-refractivity contribution in [1.82, 2.24) is 9.88 Å². The number of carbonyl (C=O) groups excluding carboxylic acids is 1. The predicted octanol–water partition coefficient (Wildman–Crippen LogP) is 3.02. The lowest BCUT2D eigenvalue weighted by molar-refractivity contribution is 0.0777. The molecule has 110 valence electrons. The number of aromatic nitrogens is 1. The Morgan fingerprint density at radius 2 is 2.25 bits per heavy atom. The van der Waals surface area contributed by atoms with Crippen LogP contribution in [-0.2, 0) is 0 Å². The molecule has 1 aliphatic rings. The van der Waals surface area contributed by atoms with Crippen LogP contribution in [-0.4, -0.2) is 35.4 Å². The van der Waals surface area contributed by atoms with Crippen LogP contribution in [0.25, 0.3) is 0 Å². The Hall–Kier alpha value is -1.58. The summed E-state index contributed by atoms with van der Waals surface area (Å²) >= 11 is 0. The topological polar surface area (TPSA) is 45.2 Å². The summed E-state index contributed by atoms with van der Waals surface area (Å²) < 4.78 is 0. The second kappa shape index (κ2) is 5.81. The minimum absolute atomic E-state index is 0.120. The zero-order valence-corrected chi connectivity index (χ0v) is 12.9.